The Kier molecular flexibility index (Phi) is 54.1. The van der Waals surface area contributed by atoms with E-state index < -0.39 is 309 Å². The summed E-state index contributed by atoms with van der Waals surface area (Å²) >= 11 is 1.34. The molecule has 28 N–H and O–H groups in total. The molecule has 0 radical (unpaired) electrons. The van der Waals surface area contributed by atoms with Gasteiger partial charge in [-0.2, -0.15) is 11.8 Å². The number of aliphatic hydroxyl groups excluding tert-OH is 1. The number of thioether (sulfide) groups is 1. The summed E-state index contributed by atoms with van der Waals surface area (Å²) in [6, 6.07) is -20.3. The molecule has 16 atom stereocenters. The van der Waals surface area contributed by atoms with Crippen LogP contribution >= 0.6 is 11.8 Å². The third kappa shape index (κ3) is 44.4. The molecule has 0 aromatic carbocycles. The van der Waals surface area contributed by atoms with Gasteiger partial charge >= 0.3 is 17.9 Å². The van der Waals surface area contributed by atoms with Gasteiger partial charge in [0.05, 0.1) is 58.2 Å². The molecule has 0 heterocycles. The Hall–Kier alpha value is -11.4. The summed E-state index contributed by atoms with van der Waals surface area (Å²) in [5.74, 6) is -25.7. The second kappa shape index (κ2) is 59.5. The van der Waals surface area contributed by atoms with Crippen LogP contribution in [-0.2, 0) is 105 Å². The van der Waals surface area contributed by atoms with Crippen LogP contribution in [0.25, 0.3) is 0 Å². The Morgan fingerprint density at radius 3 is 1.16 bits per heavy atom. The zero-order chi connectivity index (χ0) is 96.7. The molecule has 19 amide bonds. The first-order valence-corrected chi connectivity index (χ1v) is 43.0. The summed E-state index contributed by atoms with van der Waals surface area (Å²) in [6.45, 7) is 19.3. The maximum absolute atomic E-state index is 14.2. The number of carbonyl (C=O) groups excluding carboxylic acids is 19. The number of primary amides is 1. The van der Waals surface area contributed by atoms with Crippen LogP contribution < -0.4 is 113 Å². The van der Waals surface area contributed by atoms with E-state index in [2.05, 4.69) is 95.7 Å². The van der Waals surface area contributed by atoms with Crippen molar-refractivity contribution >= 4 is 142 Å². The lowest BCUT2D eigenvalue weighted by atomic mass is 9.94. The maximum atomic E-state index is 14.2. The SMILES string of the molecule is CC[C@H](C)[C@H](NC(=O)[C@H](C)NC(=O)CNC(=O)[C@H](CCCCN)NC(=O)[C@H](CC(N)=O)NC(=O)[C@H](CO)NC(=O)CNC(=O)[C@@H](NC(=O)[C@H](CC(=O)O)NC(=O)[C@@H](N)CCC(=O)O)C(C)C)C(=O)N[C@H](C(=O)NCC(=O)N[C@@H](CC(C)C)C(=O)N[C@@H](CCSC)C(=O)N[C@H](C(=O)NCC(=O)NCC(=O)N[C@H](C(=O)N[C@H](C(=O)O)C(C)C)C(C)C)C(C)C)[C@@H](C)CC. The highest BCUT2D eigenvalue weighted by molar-refractivity contribution is 7.98. The molecule has 0 aromatic heterocycles. The van der Waals surface area contributed by atoms with Crippen molar-refractivity contribution in [3.05, 3.63) is 0 Å². The quantitative estimate of drug-likeness (QED) is 0.0252. The van der Waals surface area contributed by atoms with Crippen molar-refractivity contribution in [3.8, 4) is 0 Å². The molecule has 48 heteroatoms. The lowest BCUT2D eigenvalue weighted by Gasteiger charge is -2.29. The zero-order valence-electron chi connectivity index (χ0n) is 74.5. The molecular weight excluding hydrogens is 1680 g/mol. The maximum Gasteiger partial charge on any atom is 0.326 e. The minimum Gasteiger partial charge on any atom is -0.481 e. The van der Waals surface area contributed by atoms with Gasteiger partial charge in [-0.1, -0.05) is 110 Å². The number of nitrogens with two attached hydrogens (primary N) is 3. The standard InChI is InChI=1S/C78H135N21O26S/c1-17-41(13)63(75(121)86-33-54(104)88-47(27-36(3)4)69(115)91-46(24-26-126-16)68(114)95-59(37(5)6)73(119)84-30-52(102)82-31-56(106)94-61(39(9)10)76(122)97-62(40(11)12)78(124)125)99-77(123)64(42(14)18-2)98-65(111)43(15)87-53(103)32-83-67(113)45(21-19-20-25-79)90-70(116)48(28-51(81)101)93-72(118)50(35-100)89-55(105)34-85-74(120)60(38(7)8)96-71(117)49(29-58(109)110)92-66(112)44(80)22-23-57(107)108/h36-50,59-64,100H,17-35,79-80H2,1-16H3,(H2,81,101)(H,82,102)(H,83,113)(H,84,119)(H,85,120)(H,86,121)(H,87,103)(H,88,104)(H,89,105)(H,90,116)(H,91,115)(H,92,112)(H,93,118)(H,94,106)(H,95,114)(H,96,117)(H,97,122)(H,98,111)(H,99,123)(H,107,108)(H,109,110)(H,124,125)/t41-,42-,43-,44-,45-,46-,47-,48-,49-,50-,59-,60-,61-,62-,63-,64-/m0/s1. The average Bonchev–Trinajstić information content (AvgIpc) is 0.869. The van der Waals surface area contributed by atoms with Gasteiger partial charge < -0.3 is 133 Å². The number of hydrogen-bond acceptors (Lipinski definition) is 26. The van der Waals surface area contributed by atoms with Crippen LogP contribution in [0.1, 0.15) is 174 Å². The summed E-state index contributed by atoms with van der Waals surface area (Å²) < 4.78 is 0. The van der Waals surface area contributed by atoms with Crippen LogP contribution in [0.2, 0.25) is 0 Å². The van der Waals surface area contributed by atoms with Gasteiger partial charge in [-0.25, -0.2) is 4.79 Å². The first-order chi connectivity index (χ1) is 58.8. The first kappa shape index (κ1) is 115. The van der Waals surface area contributed by atoms with Crippen molar-refractivity contribution in [2.24, 2.45) is 58.6 Å². The van der Waals surface area contributed by atoms with E-state index in [-0.39, 0.29) is 44.6 Å². The highest BCUT2D eigenvalue weighted by Crippen LogP contribution is 2.16. The van der Waals surface area contributed by atoms with Crippen LogP contribution in [0.5, 0.6) is 0 Å². The van der Waals surface area contributed by atoms with E-state index in [1.54, 1.807) is 89.3 Å². The number of rotatable bonds is 62. The number of aliphatic carboxylic acids is 3. The molecule has 0 unspecified atom stereocenters. The fourth-order valence-electron chi connectivity index (χ4n) is 11.7. The van der Waals surface area contributed by atoms with Crippen molar-refractivity contribution in [1.29, 1.82) is 0 Å². The summed E-state index contributed by atoms with van der Waals surface area (Å²) in [6.07, 6.45) is -0.0341. The van der Waals surface area contributed by atoms with Gasteiger partial charge in [0.25, 0.3) is 0 Å². The van der Waals surface area contributed by atoms with Crippen molar-refractivity contribution in [2.45, 2.75) is 259 Å². The van der Waals surface area contributed by atoms with Gasteiger partial charge in [-0.3, -0.25) is 101 Å². The van der Waals surface area contributed by atoms with Crippen LogP contribution in [0.15, 0.2) is 0 Å². The van der Waals surface area contributed by atoms with Crippen molar-refractivity contribution in [1.82, 2.24) is 95.7 Å². The van der Waals surface area contributed by atoms with E-state index in [9.17, 15) is 121 Å². The van der Waals surface area contributed by atoms with Gasteiger partial charge in [0.15, 0.2) is 0 Å². The summed E-state index contributed by atoms with van der Waals surface area (Å²) in [4.78, 5) is 289. The Labute approximate surface area is 736 Å². The molecule has 0 saturated carbocycles. The van der Waals surface area contributed by atoms with Gasteiger partial charge in [0.2, 0.25) is 112 Å². The highest BCUT2D eigenvalue weighted by atomic mass is 32.2. The number of hydrogen-bond donors (Lipinski definition) is 25. The molecule has 0 saturated heterocycles. The summed E-state index contributed by atoms with van der Waals surface area (Å²) in [7, 11) is 0. The zero-order valence-corrected chi connectivity index (χ0v) is 75.3. The van der Waals surface area contributed by atoms with E-state index in [4.69, 9.17) is 22.3 Å². The molecule has 0 fully saturated rings. The molecule has 0 aromatic rings. The molecule has 0 spiro atoms. The molecule has 0 aliphatic heterocycles. The van der Waals surface area contributed by atoms with E-state index in [0.29, 0.717) is 25.0 Å². The number of carboxylic acids is 3. The van der Waals surface area contributed by atoms with Gasteiger partial charge in [-0.15, -0.1) is 0 Å². The number of unbranched alkanes of at least 4 members (excludes halogenated alkanes) is 1. The Morgan fingerprint density at radius 2 is 0.706 bits per heavy atom. The third-order valence-electron chi connectivity index (χ3n) is 19.6. The van der Waals surface area contributed by atoms with Crippen LogP contribution in [0.3, 0.4) is 0 Å². The lowest BCUT2D eigenvalue weighted by Crippen LogP contribution is -2.60. The first-order valence-electron chi connectivity index (χ1n) is 41.6. The number of aliphatic hydroxyl groups is 1. The average molecular weight is 1820 g/mol. The Morgan fingerprint density at radius 1 is 0.341 bits per heavy atom. The van der Waals surface area contributed by atoms with Gasteiger partial charge in [0.1, 0.15) is 78.5 Å². The van der Waals surface area contributed by atoms with Crippen molar-refractivity contribution in [3.63, 3.8) is 0 Å². The highest BCUT2D eigenvalue weighted by Gasteiger charge is 2.39. The number of carboxylic acid groups (broad SMARTS) is 3. The van der Waals surface area contributed by atoms with Crippen LogP contribution in [0, 0.1) is 41.4 Å². The summed E-state index contributed by atoms with van der Waals surface area (Å²) in [5, 5.41) is 81.2. The minimum atomic E-state index is -1.89. The molecular formula is C78H135N21O26S. The molecule has 0 aliphatic carbocycles. The normalized spacial score (nSPS) is 15.0. The van der Waals surface area contributed by atoms with Gasteiger partial charge in [0, 0.05) is 6.42 Å². The molecule has 0 aliphatic rings. The van der Waals surface area contributed by atoms with Gasteiger partial charge in [-0.05, 0) is 105 Å². The summed E-state index contributed by atoms with van der Waals surface area (Å²) in [5.41, 5.74) is 16.8. The van der Waals surface area contributed by atoms with Crippen molar-refractivity contribution in [2.75, 3.05) is 57.9 Å². The Balaban J connectivity index is 6.20. The van der Waals surface area contributed by atoms with E-state index in [1.165, 1.54) is 32.5 Å². The topological polar surface area (TPSA) is 751 Å². The smallest absolute Gasteiger partial charge is 0.326 e. The second-order valence-electron chi connectivity index (χ2n) is 32.2. The largest absolute Gasteiger partial charge is 0.481 e. The molecule has 0 rings (SSSR count). The minimum absolute atomic E-state index is 0.0367. The number of nitrogens with one attached hydrogen (secondary N) is 18. The van der Waals surface area contributed by atoms with Crippen LogP contribution in [-0.4, -0.2) is 293 Å². The molecule has 0 bridgehead atoms. The predicted octanol–water partition coefficient (Wildman–Crippen LogP) is -7.85. The lowest BCUT2D eigenvalue weighted by molar-refractivity contribution is -0.144. The van der Waals surface area contributed by atoms with E-state index in [0.717, 1.165) is 0 Å². The monoisotopic (exact) mass is 1810 g/mol. The predicted molar refractivity (Wildman–Crippen MR) is 455 cm³/mol. The van der Waals surface area contributed by atoms with Crippen molar-refractivity contribution < 1.29 is 126 Å². The molecule has 126 heavy (non-hydrogen) atoms. The Bertz CT molecular complexity index is 3740. The molecule has 714 valence electrons. The third-order valence-corrected chi connectivity index (χ3v) is 20.2. The van der Waals surface area contributed by atoms with E-state index in [1.807, 2.05) is 0 Å². The fourth-order valence-corrected chi connectivity index (χ4v) is 12.2. The fraction of sp³-hybridized carbons (Fsp3) is 0.718. The molecule has 47 nitrogen and oxygen atoms in total. The number of amides is 19. The van der Waals surface area contributed by atoms with E-state index >= 15 is 0 Å². The van der Waals surface area contributed by atoms with Crippen LogP contribution in [0.4, 0.5) is 0 Å². The number of carbonyl (C=O) groups is 22. The second-order valence-corrected chi connectivity index (χ2v) is 33.2.